The lowest BCUT2D eigenvalue weighted by Gasteiger charge is -2.22. The number of rotatable bonds is 19. The molecule has 2 aromatic carbocycles. The van der Waals surface area contributed by atoms with Gasteiger partial charge in [0.2, 0.25) is 0 Å². The van der Waals surface area contributed by atoms with Crippen molar-refractivity contribution in [1.29, 1.82) is 0 Å². The third-order valence-corrected chi connectivity index (χ3v) is 7.62. The number of aryl methyl sites for hydroxylation is 1. The average molecular weight is 590 g/mol. The Morgan fingerprint density at radius 3 is 2.65 bits per heavy atom. The zero-order valence-electron chi connectivity index (χ0n) is 25.5. The standard InChI is InChI=1S/C35H47N3O5/c1-25(22-37-2)9-5-3-8-12-31(40)21-32(41)16-15-27-19-34(43-24-39)33(42)18-29(27)17-30-23-38-35(36)20-28(30)14-13-26-10-6-4-7-11-26/h4,6-7,10-11,15-16,18-20,23,25,35,37-39,42H,3,5,8-9,12-14,17,21-22,24,36H2,1-2H3. The molecule has 6 N–H and O–H groups in total. The highest BCUT2D eigenvalue weighted by atomic mass is 16.6. The summed E-state index contributed by atoms with van der Waals surface area (Å²) in [5.74, 6) is 0.274. The molecule has 0 aromatic heterocycles. The van der Waals surface area contributed by atoms with Crippen molar-refractivity contribution in [3.63, 3.8) is 0 Å². The van der Waals surface area contributed by atoms with Gasteiger partial charge in [0, 0.05) is 12.6 Å². The maximum Gasteiger partial charge on any atom is 0.186 e. The van der Waals surface area contributed by atoms with E-state index in [1.165, 1.54) is 11.6 Å². The third kappa shape index (κ3) is 11.8. The summed E-state index contributed by atoms with van der Waals surface area (Å²) in [7, 11) is 1.95. The number of hydrogen-bond donors (Lipinski definition) is 5. The Morgan fingerprint density at radius 1 is 1.12 bits per heavy atom. The summed E-state index contributed by atoms with van der Waals surface area (Å²) in [6.07, 6.45) is 13.0. The van der Waals surface area contributed by atoms with Crippen molar-refractivity contribution in [3.8, 4) is 11.5 Å². The first-order valence-corrected chi connectivity index (χ1v) is 15.2. The summed E-state index contributed by atoms with van der Waals surface area (Å²) in [6.45, 7) is 2.60. The highest BCUT2D eigenvalue weighted by Crippen LogP contribution is 2.33. The van der Waals surface area contributed by atoms with E-state index >= 15 is 0 Å². The first kappa shape index (κ1) is 33.8. The Morgan fingerprint density at radius 2 is 1.91 bits per heavy atom. The number of benzene rings is 2. The molecule has 0 spiro atoms. The molecule has 0 amide bonds. The van der Waals surface area contributed by atoms with Gasteiger partial charge in [-0.25, -0.2) is 0 Å². The molecule has 0 aliphatic carbocycles. The fourth-order valence-corrected chi connectivity index (χ4v) is 5.29. The number of allylic oxidation sites excluding steroid dienone is 3. The number of aliphatic hydroxyl groups is 1. The SMILES string of the molecule is CNCC(C)CCCCCC(=O)CC(=O)C=Cc1cc(OCO)c(O)cc1CC1=CNC(N)C=C1CCc1ccccc1. The van der Waals surface area contributed by atoms with E-state index in [2.05, 4.69) is 29.7 Å². The zero-order chi connectivity index (χ0) is 31.0. The van der Waals surface area contributed by atoms with E-state index in [-0.39, 0.29) is 35.7 Å². The number of hydrogen-bond acceptors (Lipinski definition) is 8. The van der Waals surface area contributed by atoms with Gasteiger partial charge in [0.1, 0.15) is 5.78 Å². The van der Waals surface area contributed by atoms with Gasteiger partial charge in [-0.1, -0.05) is 56.2 Å². The molecular weight excluding hydrogens is 542 g/mol. The molecular formula is C35H47N3O5. The molecule has 3 rings (SSSR count). The lowest BCUT2D eigenvalue weighted by Crippen LogP contribution is -2.35. The van der Waals surface area contributed by atoms with Crippen molar-refractivity contribution in [2.75, 3.05) is 20.4 Å². The van der Waals surface area contributed by atoms with Gasteiger partial charge in [-0.3, -0.25) is 9.59 Å². The van der Waals surface area contributed by atoms with Crippen LogP contribution in [0.1, 0.15) is 68.6 Å². The number of phenols is 1. The Labute approximate surface area is 255 Å². The fraction of sp³-hybridized carbons (Fsp3) is 0.429. The van der Waals surface area contributed by atoms with Gasteiger partial charge in [-0.2, -0.15) is 0 Å². The molecule has 8 heteroatoms. The molecule has 2 aromatic rings. The summed E-state index contributed by atoms with van der Waals surface area (Å²) in [5.41, 5.74) is 10.9. The number of carbonyl (C=O) groups is 2. The molecule has 43 heavy (non-hydrogen) atoms. The first-order valence-electron chi connectivity index (χ1n) is 15.2. The number of dihydropyridines is 1. The number of aliphatic hydroxyl groups excluding tert-OH is 1. The molecule has 1 aliphatic heterocycles. The van der Waals surface area contributed by atoms with Crippen LogP contribution in [-0.4, -0.2) is 48.3 Å². The third-order valence-electron chi connectivity index (χ3n) is 7.62. The first-order chi connectivity index (χ1) is 20.8. The molecule has 0 saturated carbocycles. The van der Waals surface area contributed by atoms with Crippen LogP contribution in [0.2, 0.25) is 0 Å². The molecule has 0 fully saturated rings. The smallest absolute Gasteiger partial charge is 0.186 e. The predicted octanol–water partition coefficient (Wildman–Crippen LogP) is 4.94. The maximum atomic E-state index is 12.7. The maximum absolute atomic E-state index is 12.7. The monoisotopic (exact) mass is 589 g/mol. The van der Waals surface area contributed by atoms with Crippen LogP contribution in [0.5, 0.6) is 11.5 Å². The van der Waals surface area contributed by atoms with Crippen molar-refractivity contribution in [1.82, 2.24) is 10.6 Å². The summed E-state index contributed by atoms with van der Waals surface area (Å²) in [4.78, 5) is 25.1. The Kier molecular flexibility index (Phi) is 14.2. The second-order valence-electron chi connectivity index (χ2n) is 11.3. The van der Waals surface area contributed by atoms with Gasteiger partial charge < -0.3 is 31.3 Å². The minimum Gasteiger partial charge on any atom is -0.504 e. The Bertz CT molecular complexity index is 1290. The van der Waals surface area contributed by atoms with Crippen molar-refractivity contribution in [3.05, 3.63) is 88.7 Å². The number of ketones is 2. The largest absolute Gasteiger partial charge is 0.504 e. The van der Waals surface area contributed by atoms with E-state index in [9.17, 15) is 19.8 Å². The predicted molar refractivity (Wildman–Crippen MR) is 171 cm³/mol. The highest BCUT2D eigenvalue weighted by Gasteiger charge is 2.17. The molecule has 0 saturated heterocycles. The number of phenolic OH excluding ortho intramolecular Hbond substituents is 1. The lowest BCUT2D eigenvalue weighted by molar-refractivity contribution is -0.124. The van der Waals surface area contributed by atoms with Crippen molar-refractivity contribution in [2.24, 2.45) is 11.7 Å². The molecule has 8 nitrogen and oxygen atoms in total. The molecule has 232 valence electrons. The molecule has 2 unspecified atom stereocenters. The summed E-state index contributed by atoms with van der Waals surface area (Å²) >= 11 is 0. The molecule has 0 bridgehead atoms. The van der Waals surface area contributed by atoms with E-state index in [1.807, 2.05) is 37.5 Å². The molecule has 1 heterocycles. The Hall–Kier alpha value is -3.72. The average Bonchev–Trinajstić information content (AvgIpc) is 2.98. The van der Waals surface area contributed by atoms with E-state index in [0.29, 0.717) is 24.3 Å². The number of nitrogens with two attached hydrogens (primary N) is 1. The Balaban J connectivity index is 1.66. The van der Waals surface area contributed by atoms with Crippen molar-refractivity contribution >= 4 is 17.6 Å². The zero-order valence-corrected chi connectivity index (χ0v) is 25.5. The van der Waals surface area contributed by atoms with Gasteiger partial charge in [0.05, 0.1) is 12.6 Å². The van der Waals surface area contributed by atoms with Crippen LogP contribution in [0.4, 0.5) is 0 Å². The van der Waals surface area contributed by atoms with E-state index in [0.717, 1.165) is 61.8 Å². The van der Waals surface area contributed by atoms with Gasteiger partial charge in [-0.05, 0) is 104 Å². The minimum absolute atomic E-state index is 0.0591. The minimum atomic E-state index is -0.600. The topological polar surface area (TPSA) is 134 Å². The number of carbonyl (C=O) groups excluding carboxylic acids is 2. The second-order valence-corrected chi connectivity index (χ2v) is 11.3. The van der Waals surface area contributed by atoms with Crippen LogP contribution in [0.15, 0.2) is 72.0 Å². The number of aromatic hydroxyl groups is 1. The van der Waals surface area contributed by atoms with Crippen molar-refractivity contribution in [2.45, 2.75) is 70.9 Å². The van der Waals surface area contributed by atoms with E-state index < -0.39 is 6.79 Å². The van der Waals surface area contributed by atoms with E-state index in [4.69, 9.17) is 10.5 Å². The van der Waals surface area contributed by atoms with Gasteiger partial charge in [0.25, 0.3) is 0 Å². The van der Waals surface area contributed by atoms with Gasteiger partial charge in [0.15, 0.2) is 24.1 Å². The number of nitrogens with one attached hydrogen (secondary N) is 2. The quantitative estimate of drug-likeness (QED) is 0.0673. The lowest BCUT2D eigenvalue weighted by atomic mass is 9.90. The number of ether oxygens (including phenoxy) is 1. The number of Topliss-reactive ketones (excluding diaryl/α,β-unsaturated/α-hetero) is 1. The van der Waals surface area contributed by atoms with Gasteiger partial charge >= 0.3 is 0 Å². The molecule has 0 radical (unpaired) electrons. The van der Waals surface area contributed by atoms with Crippen LogP contribution in [-0.2, 0) is 22.4 Å². The van der Waals surface area contributed by atoms with Crippen LogP contribution < -0.4 is 21.1 Å². The van der Waals surface area contributed by atoms with Gasteiger partial charge in [-0.15, -0.1) is 0 Å². The fourth-order valence-electron chi connectivity index (χ4n) is 5.29. The van der Waals surface area contributed by atoms with Crippen LogP contribution in [0.25, 0.3) is 6.08 Å². The van der Waals surface area contributed by atoms with Crippen LogP contribution >= 0.6 is 0 Å². The summed E-state index contributed by atoms with van der Waals surface area (Å²) in [6, 6.07) is 13.4. The summed E-state index contributed by atoms with van der Waals surface area (Å²) in [5, 5.41) is 26.2. The molecule has 2 atom stereocenters. The van der Waals surface area contributed by atoms with Crippen LogP contribution in [0.3, 0.4) is 0 Å². The second kappa shape index (κ2) is 18.1. The summed E-state index contributed by atoms with van der Waals surface area (Å²) < 4.78 is 5.18. The van der Waals surface area contributed by atoms with E-state index in [1.54, 1.807) is 18.2 Å². The van der Waals surface area contributed by atoms with Crippen LogP contribution in [0, 0.1) is 5.92 Å². The molecule has 1 aliphatic rings. The normalized spacial score (nSPS) is 15.5. The highest BCUT2D eigenvalue weighted by molar-refractivity contribution is 6.06. The number of unbranched alkanes of at least 4 members (excludes halogenated alkanes) is 2. The van der Waals surface area contributed by atoms with Crippen molar-refractivity contribution < 1.29 is 24.5 Å².